The van der Waals surface area contributed by atoms with Crippen molar-refractivity contribution in [1.29, 1.82) is 0 Å². The number of aliphatic hydroxyl groups excluding tert-OH is 1. The molecule has 0 aromatic heterocycles. The van der Waals surface area contributed by atoms with Crippen LogP contribution in [0.5, 0.6) is 0 Å². The number of carbonyl (C=O) groups excluding carboxylic acids is 1. The normalized spacial score (nSPS) is 13.1. The molecular weight excluding hydrogens is 766 g/mol. The average molecular weight is 870 g/mol. The molecule has 0 unspecified atom stereocenters. The number of carbonyl (C=O) groups is 1. The second-order valence-corrected chi connectivity index (χ2v) is 19.8. The van der Waals surface area contributed by atoms with Gasteiger partial charge in [-0.2, -0.15) is 0 Å². The van der Waals surface area contributed by atoms with E-state index in [1.165, 1.54) is 238 Å². The smallest absolute Gasteiger partial charge is 0.387 e. The number of phosphoric acid groups is 1. The van der Waals surface area contributed by atoms with Gasteiger partial charge in [0.05, 0.1) is 18.8 Å². The summed E-state index contributed by atoms with van der Waals surface area (Å²) in [6, 6.07) is -0.906. The Balaban J connectivity index is 3.71. The Morgan fingerprint density at radius 3 is 1.02 bits per heavy atom. The van der Waals surface area contributed by atoms with Crippen LogP contribution in [0, 0.1) is 0 Å². The van der Waals surface area contributed by atoms with Gasteiger partial charge in [0, 0.05) is 6.42 Å². The van der Waals surface area contributed by atoms with Crippen molar-refractivity contribution >= 4 is 13.7 Å². The van der Waals surface area contributed by atoms with Crippen LogP contribution in [0.2, 0.25) is 0 Å². The number of phosphoric ester groups is 1. The van der Waals surface area contributed by atoms with E-state index in [0.717, 1.165) is 38.5 Å². The van der Waals surface area contributed by atoms with Crippen LogP contribution in [0.3, 0.4) is 0 Å². The number of rotatable bonds is 50. The standard InChI is InChI=1S/C52H104NO6P/c1-3-5-7-9-11-13-15-17-19-20-21-22-23-24-25-26-27-28-29-30-31-32-34-36-38-40-42-44-46-48-52(55)53-50(49-59-60(56,57)58)51(54)47-45-43-41-39-37-35-33-18-16-14-12-10-8-6-4-2/h45,47,50-51,54H,3-44,46,48-49H2,1-2H3,(H,53,55)(H2,56,57,58)/b47-45+/t50-,51+/m0/s1. The molecule has 0 saturated carbocycles. The van der Waals surface area contributed by atoms with Crippen molar-refractivity contribution in [1.82, 2.24) is 5.32 Å². The van der Waals surface area contributed by atoms with Gasteiger partial charge in [-0.15, -0.1) is 0 Å². The lowest BCUT2D eigenvalue weighted by Gasteiger charge is -2.22. The van der Waals surface area contributed by atoms with Crippen molar-refractivity contribution in [2.75, 3.05) is 6.61 Å². The molecule has 4 N–H and O–H groups in total. The summed E-state index contributed by atoms with van der Waals surface area (Å²) in [5.41, 5.74) is 0. The maximum atomic E-state index is 12.7. The first-order valence-electron chi connectivity index (χ1n) is 26.6. The Labute approximate surface area is 373 Å². The molecule has 0 radical (unpaired) electrons. The van der Waals surface area contributed by atoms with Crippen LogP contribution in [-0.4, -0.2) is 39.6 Å². The fourth-order valence-electron chi connectivity index (χ4n) is 8.46. The lowest BCUT2D eigenvalue weighted by molar-refractivity contribution is -0.123. The lowest BCUT2D eigenvalue weighted by atomic mass is 10.0. The highest BCUT2D eigenvalue weighted by atomic mass is 31.2. The molecule has 0 aromatic carbocycles. The number of nitrogens with one attached hydrogen (secondary N) is 1. The second kappa shape index (κ2) is 47.8. The summed E-state index contributed by atoms with van der Waals surface area (Å²) < 4.78 is 16.0. The molecule has 0 rings (SSSR count). The van der Waals surface area contributed by atoms with E-state index in [0.29, 0.717) is 6.42 Å². The molecule has 0 bridgehead atoms. The van der Waals surface area contributed by atoms with Gasteiger partial charge in [0.1, 0.15) is 0 Å². The number of hydrogen-bond donors (Lipinski definition) is 4. The van der Waals surface area contributed by atoms with Crippen LogP contribution in [0.1, 0.15) is 296 Å². The number of aliphatic hydroxyl groups is 1. The van der Waals surface area contributed by atoms with Crippen molar-refractivity contribution in [3.63, 3.8) is 0 Å². The van der Waals surface area contributed by atoms with Gasteiger partial charge in [-0.3, -0.25) is 9.32 Å². The number of hydrogen-bond acceptors (Lipinski definition) is 4. The molecule has 0 fully saturated rings. The van der Waals surface area contributed by atoms with E-state index in [-0.39, 0.29) is 5.91 Å². The Bertz CT molecular complexity index is 941. The van der Waals surface area contributed by atoms with Gasteiger partial charge in [-0.05, 0) is 19.3 Å². The predicted octanol–water partition coefficient (Wildman–Crippen LogP) is 16.7. The van der Waals surface area contributed by atoms with Crippen LogP contribution in [0.25, 0.3) is 0 Å². The molecule has 0 saturated heterocycles. The van der Waals surface area contributed by atoms with Crippen LogP contribution in [0.15, 0.2) is 12.2 Å². The molecule has 0 aromatic rings. The van der Waals surface area contributed by atoms with Gasteiger partial charge in [0.15, 0.2) is 0 Å². The first kappa shape index (κ1) is 59.3. The van der Waals surface area contributed by atoms with Crippen molar-refractivity contribution in [2.24, 2.45) is 0 Å². The average Bonchev–Trinajstić information content (AvgIpc) is 3.22. The zero-order valence-electron chi connectivity index (χ0n) is 40.1. The van der Waals surface area contributed by atoms with Gasteiger partial charge >= 0.3 is 7.82 Å². The summed E-state index contributed by atoms with van der Waals surface area (Å²) in [4.78, 5) is 31.0. The monoisotopic (exact) mass is 870 g/mol. The SMILES string of the molecule is CCCCCCCCCCCCCCC/C=C/[C@@H](O)[C@H](COP(=O)(O)O)NC(=O)CCCCCCCCCCCCCCCCCCCCCCCCCCCCCCC. The molecule has 60 heavy (non-hydrogen) atoms. The summed E-state index contributed by atoms with van der Waals surface area (Å²) in [5.74, 6) is -0.219. The van der Waals surface area contributed by atoms with Crippen molar-refractivity contribution < 1.29 is 28.8 Å². The molecule has 2 atom stereocenters. The van der Waals surface area contributed by atoms with E-state index in [4.69, 9.17) is 0 Å². The maximum absolute atomic E-state index is 12.7. The molecular formula is C52H104NO6P. The fraction of sp³-hybridized carbons (Fsp3) is 0.942. The van der Waals surface area contributed by atoms with Gasteiger partial charge < -0.3 is 20.2 Å². The highest BCUT2D eigenvalue weighted by molar-refractivity contribution is 7.46. The largest absolute Gasteiger partial charge is 0.469 e. The highest BCUT2D eigenvalue weighted by Gasteiger charge is 2.24. The Kier molecular flexibility index (Phi) is 47.2. The Hall–Kier alpha value is -0.720. The second-order valence-electron chi connectivity index (χ2n) is 18.6. The fourth-order valence-corrected chi connectivity index (χ4v) is 8.82. The molecule has 358 valence electrons. The molecule has 0 aliphatic carbocycles. The van der Waals surface area contributed by atoms with Gasteiger partial charge in [-0.25, -0.2) is 4.57 Å². The van der Waals surface area contributed by atoms with Crippen molar-refractivity contribution in [3.05, 3.63) is 12.2 Å². The summed E-state index contributed by atoms with van der Waals surface area (Å²) in [5, 5.41) is 13.5. The molecule has 8 heteroatoms. The summed E-state index contributed by atoms with van der Waals surface area (Å²) in [6.07, 6.45) is 59.9. The summed E-state index contributed by atoms with van der Waals surface area (Å²) >= 11 is 0. The van der Waals surface area contributed by atoms with Gasteiger partial charge in [0.2, 0.25) is 5.91 Å². The zero-order valence-corrected chi connectivity index (χ0v) is 41.0. The third-order valence-electron chi connectivity index (χ3n) is 12.5. The van der Waals surface area contributed by atoms with Crippen molar-refractivity contribution in [3.8, 4) is 0 Å². The van der Waals surface area contributed by atoms with E-state index in [1.54, 1.807) is 6.08 Å². The summed E-state index contributed by atoms with van der Waals surface area (Å²) in [7, 11) is -4.72. The van der Waals surface area contributed by atoms with Crippen LogP contribution in [-0.2, 0) is 13.9 Å². The van der Waals surface area contributed by atoms with Gasteiger partial charge in [-0.1, -0.05) is 283 Å². The molecule has 0 aliphatic heterocycles. The highest BCUT2D eigenvalue weighted by Crippen LogP contribution is 2.36. The van der Waals surface area contributed by atoms with Crippen LogP contribution < -0.4 is 5.32 Å². The van der Waals surface area contributed by atoms with Crippen LogP contribution >= 0.6 is 7.82 Å². The van der Waals surface area contributed by atoms with E-state index in [9.17, 15) is 24.3 Å². The number of unbranched alkanes of at least 4 members (excludes halogenated alkanes) is 41. The molecule has 1 amide bonds. The Morgan fingerprint density at radius 2 is 0.733 bits per heavy atom. The lowest BCUT2D eigenvalue weighted by Crippen LogP contribution is -2.45. The maximum Gasteiger partial charge on any atom is 0.469 e. The molecule has 7 nitrogen and oxygen atoms in total. The third-order valence-corrected chi connectivity index (χ3v) is 13.0. The molecule has 0 aliphatic rings. The third kappa shape index (κ3) is 48.3. The van der Waals surface area contributed by atoms with E-state index >= 15 is 0 Å². The number of amides is 1. The molecule has 0 spiro atoms. The quantitative estimate of drug-likeness (QED) is 0.0275. The van der Waals surface area contributed by atoms with Crippen LogP contribution in [0.4, 0.5) is 0 Å². The minimum absolute atomic E-state index is 0.219. The number of allylic oxidation sites excluding steroid dienone is 1. The minimum Gasteiger partial charge on any atom is -0.387 e. The first-order valence-corrected chi connectivity index (χ1v) is 28.2. The predicted molar refractivity (Wildman–Crippen MR) is 260 cm³/mol. The first-order chi connectivity index (χ1) is 29.3. The zero-order chi connectivity index (χ0) is 43.9. The minimum atomic E-state index is -4.72. The topological polar surface area (TPSA) is 116 Å². The van der Waals surface area contributed by atoms with E-state index in [2.05, 4.69) is 23.7 Å². The van der Waals surface area contributed by atoms with E-state index < -0.39 is 26.6 Å². The Morgan fingerprint density at radius 1 is 0.467 bits per heavy atom. The van der Waals surface area contributed by atoms with Crippen molar-refractivity contribution in [2.45, 2.75) is 309 Å². The summed E-state index contributed by atoms with van der Waals surface area (Å²) in [6.45, 7) is 4.11. The van der Waals surface area contributed by atoms with Gasteiger partial charge in [0.25, 0.3) is 0 Å². The molecule has 0 heterocycles. The van der Waals surface area contributed by atoms with E-state index in [1.807, 2.05) is 6.08 Å².